The molecule has 1 heteroatoms. The third-order valence-corrected chi connectivity index (χ3v) is 4.61. The molecule has 1 N–H and O–H groups in total. The summed E-state index contributed by atoms with van der Waals surface area (Å²) in [6.45, 7) is 10.8. The molecule has 1 atom stereocenters. The maximum absolute atomic E-state index is 3.73. The van der Waals surface area contributed by atoms with Crippen LogP contribution in [0, 0.1) is 11.3 Å². The Bertz CT molecular complexity index is 212. The molecule has 1 rings (SSSR count). The average Bonchev–Trinajstić information content (AvgIpc) is 3.14. The third kappa shape index (κ3) is 8.68. The quantitative estimate of drug-likeness (QED) is 0.485. The summed E-state index contributed by atoms with van der Waals surface area (Å²) in [7, 11) is 0. The Morgan fingerprint density at radius 3 is 2.05 bits per heavy atom. The van der Waals surface area contributed by atoms with E-state index >= 15 is 0 Å². The monoisotopic (exact) mass is 267 g/mol. The molecule has 1 unspecified atom stereocenters. The maximum atomic E-state index is 3.73. The molecule has 0 aromatic heterocycles. The summed E-state index contributed by atoms with van der Waals surface area (Å²) < 4.78 is 0. The van der Waals surface area contributed by atoms with Crippen molar-refractivity contribution in [1.29, 1.82) is 0 Å². The first kappa shape index (κ1) is 17.0. The van der Waals surface area contributed by atoms with Crippen molar-refractivity contribution in [2.75, 3.05) is 6.54 Å². The van der Waals surface area contributed by atoms with Crippen molar-refractivity contribution in [1.82, 2.24) is 5.32 Å². The van der Waals surface area contributed by atoms with Crippen LogP contribution in [0.25, 0.3) is 0 Å². The number of hydrogen-bond donors (Lipinski definition) is 1. The lowest BCUT2D eigenvalue weighted by Crippen LogP contribution is -2.32. The third-order valence-electron chi connectivity index (χ3n) is 4.61. The molecular formula is C18H37N. The van der Waals surface area contributed by atoms with E-state index < -0.39 is 0 Å². The maximum Gasteiger partial charge on any atom is 0.00683 e. The second-order valence-electron chi connectivity index (χ2n) is 7.66. The minimum Gasteiger partial charge on any atom is -0.314 e. The molecule has 1 saturated carbocycles. The van der Waals surface area contributed by atoms with Crippen molar-refractivity contribution in [2.45, 2.75) is 97.9 Å². The van der Waals surface area contributed by atoms with Crippen molar-refractivity contribution >= 4 is 0 Å². The predicted molar refractivity (Wildman–Crippen MR) is 86.6 cm³/mol. The van der Waals surface area contributed by atoms with Crippen LogP contribution in [0.4, 0.5) is 0 Å². The lowest BCUT2D eigenvalue weighted by atomic mass is 9.77. The van der Waals surface area contributed by atoms with E-state index in [2.05, 4.69) is 33.0 Å². The van der Waals surface area contributed by atoms with Gasteiger partial charge in [-0.05, 0) is 37.1 Å². The largest absolute Gasteiger partial charge is 0.314 e. The van der Waals surface area contributed by atoms with Gasteiger partial charge in [0.1, 0.15) is 0 Å². The van der Waals surface area contributed by atoms with E-state index in [1.54, 1.807) is 0 Å². The van der Waals surface area contributed by atoms with Gasteiger partial charge in [-0.25, -0.2) is 0 Å². The standard InChI is InChI=1S/C18H37N/c1-5-6-7-8-9-10-11-12-16(18(2,3)4)15-19-17-13-14-17/h16-17,19H,5-15H2,1-4H3. The zero-order valence-corrected chi connectivity index (χ0v) is 13.9. The van der Waals surface area contributed by atoms with E-state index in [9.17, 15) is 0 Å². The molecule has 1 nitrogen and oxygen atoms in total. The molecule has 1 aliphatic carbocycles. The highest BCUT2D eigenvalue weighted by Gasteiger charge is 2.27. The van der Waals surface area contributed by atoms with Gasteiger partial charge in [0, 0.05) is 6.04 Å². The summed E-state index contributed by atoms with van der Waals surface area (Å²) in [6.07, 6.45) is 14.2. The van der Waals surface area contributed by atoms with Crippen LogP contribution in [0.1, 0.15) is 91.9 Å². The first-order chi connectivity index (χ1) is 9.04. The highest BCUT2D eigenvalue weighted by atomic mass is 14.9. The molecule has 19 heavy (non-hydrogen) atoms. The minimum absolute atomic E-state index is 0.462. The fourth-order valence-electron chi connectivity index (χ4n) is 2.79. The highest BCUT2D eigenvalue weighted by molar-refractivity contribution is 4.84. The Morgan fingerprint density at radius 1 is 0.947 bits per heavy atom. The van der Waals surface area contributed by atoms with Gasteiger partial charge in [0.05, 0.1) is 0 Å². The number of rotatable bonds is 11. The molecule has 0 aromatic carbocycles. The molecule has 1 aliphatic rings. The van der Waals surface area contributed by atoms with Gasteiger partial charge < -0.3 is 5.32 Å². The smallest absolute Gasteiger partial charge is 0.00683 e. The number of nitrogens with one attached hydrogen (secondary N) is 1. The Labute approximate surface area is 121 Å². The summed E-state index contributed by atoms with van der Waals surface area (Å²) in [4.78, 5) is 0. The second-order valence-corrected chi connectivity index (χ2v) is 7.66. The van der Waals surface area contributed by atoms with Crippen LogP contribution >= 0.6 is 0 Å². The van der Waals surface area contributed by atoms with E-state index in [4.69, 9.17) is 0 Å². The molecule has 0 spiro atoms. The SMILES string of the molecule is CCCCCCCCCC(CNC1CC1)C(C)(C)C. The molecule has 0 amide bonds. The number of hydrogen-bond acceptors (Lipinski definition) is 1. The first-order valence-corrected chi connectivity index (χ1v) is 8.77. The van der Waals surface area contributed by atoms with Crippen LogP contribution in [0.15, 0.2) is 0 Å². The fraction of sp³-hybridized carbons (Fsp3) is 1.00. The van der Waals surface area contributed by atoms with E-state index in [0.29, 0.717) is 5.41 Å². The van der Waals surface area contributed by atoms with E-state index in [1.807, 2.05) is 0 Å². The second kappa shape index (κ2) is 9.00. The Kier molecular flexibility index (Phi) is 8.06. The summed E-state index contributed by atoms with van der Waals surface area (Å²) >= 11 is 0. The van der Waals surface area contributed by atoms with Crippen molar-refractivity contribution < 1.29 is 0 Å². The predicted octanol–water partition coefficient (Wildman–Crippen LogP) is 5.54. The molecule has 0 aliphatic heterocycles. The van der Waals surface area contributed by atoms with Crippen LogP contribution in [-0.4, -0.2) is 12.6 Å². The zero-order chi connectivity index (χ0) is 14.1. The summed E-state index contributed by atoms with van der Waals surface area (Å²) in [5.74, 6) is 0.851. The van der Waals surface area contributed by atoms with E-state index in [1.165, 1.54) is 70.8 Å². The van der Waals surface area contributed by atoms with Crippen molar-refractivity contribution in [2.24, 2.45) is 11.3 Å². The van der Waals surface area contributed by atoms with E-state index in [0.717, 1.165) is 12.0 Å². The Hall–Kier alpha value is -0.0400. The Morgan fingerprint density at radius 2 is 1.53 bits per heavy atom. The molecule has 0 bridgehead atoms. The minimum atomic E-state index is 0.462. The van der Waals surface area contributed by atoms with Crippen molar-refractivity contribution in [3.05, 3.63) is 0 Å². The fourth-order valence-corrected chi connectivity index (χ4v) is 2.79. The molecule has 114 valence electrons. The molecule has 0 heterocycles. The zero-order valence-electron chi connectivity index (χ0n) is 13.9. The van der Waals surface area contributed by atoms with Crippen LogP contribution in [0.3, 0.4) is 0 Å². The lowest BCUT2D eigenvalue weighted by Gasteiger charge is -2.31. The molecule has 0 saturated heterocycles. The number of unbranched alkanes of at least 4 members (excludes halogenated alkanes) is 6. The van der Waals surface area contributed by atoms with Crippen LogP contribution < -0.4 is 5.32 Å². The van der Waals surface area contributed by atoms with Crippen molar-refractivity contribution in [3.63, 3.8) is 0 Å². The van der Waals surface area contributed by atoms with Crippen LogP contribution in [-0.2, 0) is 0 Å². The first-order valence-electron chi connectivity index (χ1n) is 8.77. The van der Waals surface area contributed by atoms with E-state index in [-0.39, 0.29) is 0 Å². The highest BCUT2D eigenvalue weighted by Crippen LogP contribution is 2.31. The summed E-state index contributed by atoms with van der Waals surface area (Å²) in [5, 5.41) is 3.73. The van der Waals surface area contributed by atoms with Crippen LogP contribution in [0.2, 0.25) is 0 Å². The lowest BCUT2D eigenvalue weighted by molar-refractivity contribution is 0.212. The summed E-state index contributed by atoms with van der Waals surface area (Å²) in [5.41, 5.74) is 0.462. The molecule has 0 aromatic rings. The molecular weight excluding hydrogens is 230 g/mol. The topological polar surface area (TPSA) is 12.0 Å². The summed E-state index contributed by atoms with van der Waals surface area (Å²) in [6, 6.07) is 0.860. The van der Waals surface area contributed by atoms with Gasteiger partial charge in [0.2, 0.25) is 0 Å². The van der Waals surface area contributed by atoms with Crippen molar-refractivity contribution in [3.8, 4) is 0 Å². The van der Waals surface area contributed by atoms with Crippen LogP contribution in [0.5, 0.6) is 0 Å². The van der Waals surface area contributed by atoms with Gasteiger partial charge in [-0.2, -0.15) is 0 Å². The molecule has 0 radical (unpaired) electrons. The van der Waals surface area contributed by atoms with Gasteiger partial charge in [0.15, 0.2) is 0 Å². The average molecular weight is 268 g/mol. The van der Waals surface area contributed by atoms with Gasteiger partial charge in [-0.1, -0.05) is 72.6 Å². The normalized spacial score (nSPS) is 17.7. The van der Waals surface area contributed by atoms with Gasteiger partial charge >= 0.3 is 0 Å². The van der Waals surface area contributed by atoms with Gasteiger partial charge in [-0.3, -0.25) is 0 Å². The van der Waals surface area contributed by atoms with Gasteiger partial charge in [0.25, 0.3) is 0 Å². The van der Waals surface area contributed by atoms with Gasteiger partial charge in [-0.15, -0.1) is 0 Å². The molecule has 1 fully saturated rings. The Balaban J connectivity index is 2.06.